The van der Waals surface area contributed by atoms with Crippen molar-refractivity contribution in [2.75, 3.05) is 5.32 Å². The third-order valence-corrected chi connectivity index (χ3v) is 5.86. The van der Waals surface area contributed by atoms with Crippen molar-refractivity contribution >= 4 is 39.7 Å². The van der Waals surface area contributed by atoms with Crippen molar-refractivity contribution in [3.63, 3.8) is 0 Å². The zero-order chi connectivity index (χ0) is 20.8. The maximum absolute atomic E-state index is 13.4. The Balaban J connectivity index is 2.58. The largest absolute Gasteiger partial charge is 0.465 e. The van der Waals surface area contributed by atoms with Crippen molar-refractivity contribution in [1.29, 1.82) is 0 Å². The van der Waals surface area contributed by atoms with Gasteiger partial charge in [-0.05, 0) is 55.9 Å². The first-order chi connectivity index (χ1) is 13.4. The summed E-state index contributed by atoms with van der Waals surface area (Å²) in [6, 6.07) is 4.14. The van der Waals surface area contributed by atoms with Gasteiger partial charge in [0.2, 0.25) is 0 Å². The van der Waals surface area contributed by atoms with Crippen LogP contribution < -0.4 is 5.32 Å². The number of amides is 1. The highest BCUT2D eigenvalue weighted by Crippen LogP contribution is 2.29. The average molecular weight is 464 g/mol. The molecule has 152 valence electrons. The van der Waals surface area contributed by atoms with E-state index in [2.05, 4.69) is 61.1 Å². The molecule has 2 rings (SSSR count). The number of carbonyl (C=O) groups excluding carboxylic acids is 1. The van der Waals surface area contributed by atoms with Gasteiger partial charge in [-0.1, -0.05) is 62.3 Å². The lowest BCUT2D eigenvalue weighted by Crippen LogP contribution is -2.18. The lowest BCUT2D eigenvalue weighted by molar-refractivity contribution is 0.102. The van der Waals surface area contributed by atoms with Crippen LogP contribution in [0.5, 0.6) is 0 Å². The number of anilines is 1. The van der Waals surface area contributed by atoms with Crippen LogP contribution in [0.1, 0.15) is 79.1 Å². The highest BCUT2D eigenvalue weighted by atomic mass is 79.9. The Morgan fingerprint density at radius 2 is 1.64 bits per heavy atom. The third-order valence-electron chi connectivity index (χ3n) is 4.95. The van der Waals surface area contributed by atoms with E-state index in [4.69, 9.17) is 16.6 Å². The van der Waals surface area contributed by atoms with Crippen molar-refractivity contribution in [1.82, 2.24) is 0 Å². The van der Waals surface area contributed by atoms with Gasteiger partial charge in [-0.15, -0.1) is 0 Å². The number of carbonyl (C=O) groups is 1. The fraction of sp³-hybridized carbons (Fsp3) is 0.478. The highest BCUT2D eigenvalue weighted by molar-refractivity contribution is 9.10. The number of halogens is 1. The fourth-order valence-corrected chi connectivity index (χ4v) is 4.53. The van der Waals surface area contributed by atoms with Crippen molar-refractivity contribution < 1.29 is 9.21 Å². The molecule has 0 radical (unpaired) electrons. The molecule has 0 saturated carbocycles. The topological polar surface area (TPSA) is 42.2 Å². The summed E-state index contributed by atoms with van der Waals surface area (Å²) in [6.07, 6.45) is 5.04. The van der Waals surface area contributed by atoms with E-state index in [1.54, 1.807) is 0 Å². The van der Waals surface area contributed by atoms with Crippen LogP contribution in [0.4, 0.5) is 5.69 Å². The number of hydrogen-bond acceptors (Lipinski definition) is 3. The molecule has 0 bridgehead atoms. The van der Waals surface area contributed by atoms with Gasteiger partial charge in [-0.3, -0.25) is 4.79 Å². The molecule has 5 heteroatoms. The lowest BCUT2D eigenvalue weighted by Gasteiger charge is -2.18. The molecule has 0 aliphatic heterocycles. The normalized spacial score (nSPS) is 10.9. The first-order valence-electron chi connectivity index (χ1n) is 10.2. The Hall–Kier alpha value is -1.46. The van der Waals surface area contributed by atoms with Crippen LogP contribution in [0.2, 0.25) is 0 Å². The van der Waals surface area contributed by atoms with E-state index in [1.165, 1.54) is 0 Å². The van der Waals surface area contributed by atoms with Crippen molar-refractivity contribution in [3.05, 3.63) is 54.9 Å². The summed E-state index contributed by atoms with van der Waals surface area (Å²) in [4.78, 5) is 13.4. The molecular weight excluding hydrogens is 434 g/mol. The molecule has 1 aromatic heterocycles. The maximum Gasteiger partial charge on any atom is 0.260 e. The fourth-order valence-electron chi connectivity index (χ4n) is 3.53. The Morgan fingerprint density at radius 1 is 1.07 bits per heavy atom. The predicted octanol–water partition coefficient (Wildman–Crippen LogP) is 7.36. The SMILES string of the molecule is CCCc1oc(C)c(CCC)c(=S)c1C(=O)Nc1c(CC)cc(Br)cc1CC. The summed E-state index contributed by atoms with van der Waals surface area (Å²) in [5.41, 5.74) is 4.62. The highest BCUT2D eigenvalue weighted by Gasteiger charge is 2.21. The number of rotatable bonds is 8. The van der Waals surface area contributed by atoms with Gasteiger partial charge in [0.15, 0.2) is 0 Å². The average Bonchev–Trinajstić information content (AvgIpc) is 2.66. The summed E-state index contributed by atoms with van der Waals surface area (Å²) in [7, 11) is 0. The minimum atomic E-state index is -0.165. The Kier molecular flexibility index (Phi) is 8.44. The van der Waals surface area contributed by atoms with Crippen LogP contribution >= 0.6 is 28.1 Å². The Morgan fingerprint density at radius 3 is 2.14 bits per heavy atom. The van der Waals surface area contributed by atoms with Gasteiger partial charge in [0.1, 0.15) is 11.5 Å². The van der Waals surface area contributed by atoms with Gasteiger partial charge >= 0.3 is 0 Å². The van der Waals surface area contributed by atoms with Gasteiger partial charge in [0.25, 0.3) is 5.91 Å². The number of benzene rings is 1. The predicted molar refractivity (Wildman–Crippen MR) is 123 cm³/mol. The first kappa shape index (κ1) is 22.8. The molecule has 0 saturated heterocycles. The lowest BCUT2D eigenvalue weighted by atomic mass is 10.0. The second kappa shape index (κ2) is 10.4. The van der Waals surface area contributed by atoms with Crippen LogP contribution in [0.25, 0.3) is 0 Å². The molecule has 2 aromatic rings. The van der Waals surface area contributed by atoms with E-state index in [1.807, 2.05) is 6.92 Å². The van der Waals surface area contributed by atoms with Gasteiger partial charge in [-0.25, -0.2) is 0 Å². The molecule has 28 heavy (non-hydrogen) atoms. The second-order valence-electron chi connectivity index (χ2n) is 7.02. The van der Waals surface area contributed by atoms with Crippen molar-refractivity contribution in [2.45, 2.75) is 73.1 Å². The minimum Gasteiger partial charge on any atom is -0.465 e. The third kappa shape index (κ3) is 4.93. The molecule has 0 spiro atoms. The monoisotopic (exact) mass is 463 g/mol. The molecular formula is C23H30BrNO2S. The van der Waals surface area contributed by atoms with E-state index in [9.17, 15) is 4.79 Å². The zero-order valence-corrected chi connectivity index (χ0v) is 19.9. The van der Waals surface area contributed by atoms with Crippen LogP contribution in [0, 0.1) is 11.4 Å². The standard InChI is InChI=1S/C23H30BrNO2S/c1-6-10-18-14(5)27-19(11-7-2)20(22(18)28)23(26)25-21-15(8-3)12-17(24)13-16(21)9-4/h12-13H,6-11H2,1-5H3,(H,25,26). The van der Waals surface area contributed by atoms with Gasteiger partial charge in [0.05, 0.1) is 10.1 Å². The van der Waals surface area contributed by atoms with E-state index >= 15 is 0 Å². The summed E-state index contributed by atoms with van der Waals surface area (Å²) >= 11 is 9.33. The molecule has 0 unspecified atom stereocenters. The van der Waals surface area contributed by atoms with Crippen LogP contribution in [0.15, 0.2) is 21.0 Å². The quantitative estimate of drug-likeness (QED) is 0.415. The molecule has 0 atom stereocenters. The van der Waals surface area contributed by atoms with Gasteiger partial charge < -0.3 is 9.73 Å². The molecule has 3 nitrogen and oxygen atoms in total. The Bertz CT molecular complexity index is 893. The molecule has 0 aliphatic rings. The summed E-state index contributed by atoms with van der Waals surface area (Å²) < 4.78 is 7.74. The van der Waals surface area contributed by atoms with E-state index in [0.717, 1.165) is 64.7 Å². The summed E-state index contributed by atoms with van der Waals surface area (Å²) in [5, 5.41) is 3.17. The summed E-state index contributed by atoms with van der Waals surface area (Å²) in [6.45, 7) is 10.3. The molecule has 1 N–H and O–H groups in total. The smallest absolute Gasteiger partial charge is 0.260 e. The molecule has 0 aliphatic carbocycles. The molecule has 0 fully saturated rings. The van der Waals surface area contributed by atoms with Gasteiger partial charge in [0, 0.05) is 22.1 Å². The molecule has 1 heterocycles. The van der Waals surface area contributed by atoms with Crippen molar-refractivity contribution in [2.24, 2.45) is 0 Å². The second-order valence-corrected chi connectivity index (χ2v) is 8.35. The van der Waals surface area contributed by atoms with Crippen LogP contribution in [0.3, 0.4) is 0 Å². The number of aryl methyl sites for hydroxylation is 4. The van der Waals surface area contributed by atoms with E-state index < -0.39 is 0 Å². The first-order valence-corrected chi connectivity index (χ1v) is 11.4. The molecule has 1 amide bonds. The van der Waals surface area contributed by atoms with Crippen LogP contribution in [-0.4, -0.2) is 5.91 Å². The maximum atomic E-state index is 13.4. The summed E-state index contributed by atoms with van der Waals surface area (Å²) in [5.74, 6) is 1.36. The van der Waals surface area contributed by atoms with Gasteiger partial charge in [-0.2, -0.15) is 0 Å². The van der Waals surface area contributed by atoms with Crippen LogP contribution in [-0.2, 0) is 25.7 Å². The zero-order valence-electron chi connectivity index (χ0n) is 17.5. The van der Waals surface area contributed by atoms with E-state index in [0.29, 0.717) is 22.3 Å². The Labute approximate surface area is 182 Å². The number of nitrogens with one attached hydrogen (secondary N) is 1. The van der Waals surface area contributed by atoms with Crippen molar-refractivity contribution in [3.8, 4) is 0 Å². The van der Waals surface area contributed by atoms with E-state index in [-0.39, 0.29) is 5.91 Å². The molecule has 1 aromatic carbocycles. The number of hydrogen-bond donors (Lipinski definition) is 1. The minimum absolute atomic E-state index is 0.165.